The van der Waals surface area contributed by atoms with Gasteiger partial charge in [-0.3, -0.25) is 14.5 Å². The van der Waals surface area contributed by atoms with E-state index in [-0.39, 0.29) is 5.78 Å². The third-order valence-electron chi connectivity index (χ3n) is 3.46. The van der Waals surface area contributed by atoms with E-state index in [1.54, 1.807) is 0 Å². The molecule has 0 bridgehead atoms. The number of likely N-dealkylation sites (tertiary alicyclic amines) is 1. The highest BCUT2D eigenvalue weighted by molar-refractivity contribution is 5.99. The van der Waals surface area contributed by atoms with Crippen LogP contribution in [0.5, 0.6) is 0 Å². The first-order chi connectivity index (χ1) is 8.56. The Kier molecular flexibility index (Phi) is 3.92. The Morgan fingerprint density at radius 1 is 1.22 bits per heavy atom. The summed E-state index contributed by atoms with van der Waals surface area (Å²) in [5.74, 6) is 0.465. The van der Waals surface area contributed by atoms with E-state index in [0.717, 1.165) is 24.2 Å². The van der Waals surface area contributed by atoms with Gasteiger partial charge < -0.3 is 0 Å². The van der Waals surface area contributed by atoms with Crippen molar-refractivity contribution in [1.29, 1.82) is 0 Å². The molecule has 0 unspecified atom stereocenters. The van der Waals surface area contributed by atoms with Crippen molar-refractivity contribution in [3.63, 3.8) is 0 Å². The predicted octanol–water partition coefficient (Wildman–Crippen LogP) is 2.15. The highest BCUT2D eigenvalue weighted by Crippen LogP contribution is 2.13. The van der Waals surface area contributed by atoms with Gasteiger partial charge in [0.05, 0.1) is 6.54 Å². The summed E-state index contributed by atoms with van der Waals surface area (Å²) in [5.41, 5.74) is 3.01. The number of rotatable bonds is 3. The number of Topliss-reactive ketones (excluding diaryl/α,β-unsaturated/α-hetero) is 2. The molecule has 0 N–H and O–H groups in total. The zero-order valence-corrected chi connectivity index (χ0v) is 11.0. The van der Waals surface area contributed by atoms with E-state index in [2.05, 4.69) is 4.90 Å². The highest BCUT2D eigenvalue weighted by Gasteiger charge is 2.19. The molecule has 1 heterocycles. The van der Waals surface area contributed by atoms with Crippen LogP contribution in [0.2, 0.25) is 0 Å². The first-order valence-corrected chi connectivity index (χ1v) is 6.41. The van der Waals surface area contributed by atoms with Crippen LogP contribution in [0.15, 0.2) is 18.2 Å². The van der Waals surface area contributed by atoms with Crippen LogP contribution in [-0.4, -0.2) is 36.1 Å². The van der Waals surface area contributed by atoms with Gasteiger partial charge in [-0.05, 0) is 19.4 Å². The summed E-state index contributed by atoms with van der Waals surface area (Å²) in [6.45, 7) is 5.86. The largest absolute Gasteiger partial charge is 0.300 e. The summed E-state index contributed by atoms with van der Waals surface area (Å²) in [6.07, 6.45) is 1.17. The van der Waals surface area contributed by atoms with Crippen molar-refractivity contribution in [2.75, 3.05) is 19.6 Å². The molecule has 1 aromatic rings. The molecule has 0 aromatic heterocycles. The second kappa shape index (κ2) is 5.44. The van der Waals surface area contributed by atoms with Gasteiger partial charge in [0.25, 0.3) is 0 Å². The molecule has 1 aliphatic rings. The molecule has 0 saturated carbocycles. The number of aryl methyl sites for hydroxylation is 2. The van der Waals surface area contributed by atoms with E-state index < -0.39 is 0 Å². The first-order valence-electron chi connectivity index (χ1n) is 6.41. The summed E-state index contributed by atoms with van der Waals surface area (Å²) in [4.78, 5) is 25.4. The van der Waals surface area contributed by atoms with Crippen LogP contribution in [0.3, 0.4) is 0 Å². The number of hydrogen-bond donors (Lipinski definition) is 0. The summed E-state index contributed by atoms with van der Waals surface area (Å²) < 4.78 is 0. The Labute approximate surface area is 108 Å². The van der Waals surface area contributed by atoms with E-state index in [4.69, 9.17) is 0 Å². The van der Waals surface area contributed by atoms with Gasteiger partial charge in [-0.15, -0.1) is 0 Å². The molecule has 0 amide bonds. The average Bonchev–Trinajstić information content (AvgIpc) is 2.32. The smallest absolute Gasteiger partial charge is 0.177 e. The van der Waals surface area contributed by atoms with Gasteiger partial charge in [0, 0.05) is 31.5 Å². The maximum atomic E-state index is 12.2. The van der Waals surface area contributed by atoms with Gasteiger partial charge in [-0.2, -0.15) is 0 Å². The van der Waals surface area contributed by atoms with Crippen molar-refractivity contribution in [2.24, 2.45) is 0 Å². The maximum Gasteiger partial charge on any atom is 0.177 e. The molecule has 0 atom stereocenters. The molecule has 96 valence electrons. The molecule has 1 aliphatic heterocycles. The van der Waals surface area contributed by atoms with Crippen molar-refractivity contribution < 1.29 is 9.59 Å². The van der Waals surface area contributed by atoms with Gasteiger partial charge >= 0.3 is 0 Å². The van der Waals surface area contributed by atoms with E-state index in [0.29, 0.717) is 25.2 Å². The van der Waals surface area contributed by atoms with Crippen LogP contribution in [0.4, 0.5) is 0 Å². The van der Waals surface area contributed by atoms with E-state index in [1.807, 2.05) is 32.0 Å². The monoisotopic (exact) mass is 245 g/mol. The number of carbonyl (C=O) groups is 2. The van der Waals surface area contributed by atoms with Crippen LogP contribution in [0, 0.1) is 13.8 Å². The molecule has 1 saturated heterocycles. The quantitative estimate of drug-likeness (QED) is 0.766. The Bertz CT molecular complexity index is 469. The topological polar surface area (TPSA) is 37.4 Å². The molecule has 1 fully saturated rings. The van der Waals surface area contributed by atoms with E-state index >= 15 is 0 Å². The van der Waals surface area contributed by atoms with Gasteiger partial charge in [0.2, 0.25) is 0 Å². The SMILES string of the molecule is Cc1ccc(C(=O)CN2CCC(=O)CC2)c(C)c1. The minimum atomic E-state index is 0.154. The number of hydrogen-bond acceptors (Lipinski definition) is 3. The molecule has 3 heteroatoms. The normalized spacial score (nSPS) is 16.9. The maximum absolute atomic E-state index is 12.2. The summed E-state index contributed by atoms with van der Waals surface area (Å²) in [7, 11) is 0. The molecule has 0 aliphatic carbocycles. The van der Waals surface area contributed by atoms with Crippen LogP contribution in [0.1, 0.15) is 34.3 Å². The average molecular weight is 245 g/mol. The molecule has 0 radical (unpaired) electrons. The molecular weight excluding hydrogens is 226 g/mol. The Morgan fingerprint density at radius 2 is 1.89 bits per heavy atom. The second-order valence-electron chi connectivity index (χ2n) is 5.06. The lowest BCUT2D eigenvalue weighted by Crippen LogP contribution is -2.37. The highest BCUT2D eigenvalue weighted by atomic mass is 16.1. The van der Waals surface area contributed by atoms with Gasteiger partial charge in [-0.1, -0.05) is 23.8 Å². The van der Waals surface area contributed by atoms with Gasteiger partial charge in [0.1, 0.15) is 5.78 Å². The van der Waals surface area contributed by atoms with Gasteiger partial charge in [-0.25, -0.2) is 0 Å². The fourth-order valence-corrected chi connectivity index (χ4v) is 2.38. The number of piperidine rings is 1. The number of ketones is 2. The Hall–Kier alpha value is -1.48. The van der Waals surface area contributed by atoms with E-state index in [9.17, 15) is 9.59 Å². The van der Waals surface area contributed by atoms with Crippen molar-refractivity contribution in [3.05, 3.63) is 34.9 Å². The number of benzene rings is 1. The molecule has 18 heavy (non-hydrogen) atoms. The predicted molar refractivity (Wildman–Crippen MR) is 70.9 cm³/mol. The standard InChI is InChI=1S/C15H19NO2/c1-11-3-4-14(12(2)9-11)15(18)10-16-7-5-13(17)6-8-16/h3-4,9H,5-8,10H2,1-2H3. The minimum Gasteiger partial charge on any atom is -0.300 e. The summed E-state index contributed by atoms with van der Waals surface area (Å²) >= 11 is 0. The van der Waals surface area contributed by atoms with E-state index in [1.165, 1.54) is 5.56 Å². The zero-order chi connectivity index (χ0) is 13.1. The Balaban J connectivity index is 2.01. The lowest BCUT2D eigenvalue weighted by molar-refractivity contribution is -0.121. The van der Waals surface area contributed by atoms with Crippen LogP contribution < -0.4 is 0 Å². The lowest BCUT2D eigenvalue weighted by Gasteiger charge is -2.25. The third kappa shape index (κ3) is 3.05. The van der Waals surface area contributed by atoms with Crippen molar-refractivity contribution in [2.45, 2.75) is 26.7 Å². The molecule has 0 spiro atoms. The van der Waals surface area contributed by atoms with Crippen molar-refractivity contribution >= 4 is 11.6 Å². The van der Waals surface area contributed by atoms with Crippen LogP contribution in [-0.2, 0) is 4.79 Å². The molecule has 2 rings (SSSR count). The second-order valence-corrected chi connectivity index (χ2v) is 5.06. The zero-order valence-electron chi connectivity index (χ0n) is 11.0. The summed E-state index contributed by atoms with van der Waals surface area (Å²) in [6, 6.07) is 5.91. The number of carbonyl (C=O) groups excluding carboxylic acids is 2. The molecule has 1 aromatic carbocycles. The van der Waals surface area contributed by atoms with Crippen LogP contribution >= 0.6 is 0 Å². The third-order valence-corrected chi connectivity index (χ3v) is 3.46. The van der Waals surface area contributed by atoms with Gasteiger partial charge in [0.15, 0.2) is 5.78 Å². The summed E-state index contributed by atoms with van der Waals surface area (Å²) in [5, 5.41) is 0. The lowest BCUT2D eigenvalue weighted by atomic mass is 10.0. The molecule has 3 nitrogen and oxygen atoms in total. The minimum absolute atomic E-state index is 0.154. The number of nitrogens with zero attached hydrogens (tertiary/aromatic N) is 1. The fourth-order valence-electron chi connectivity index (χ4n) is 2.38. The Morgan fingerprint density at radius 3 is 2.50 bits per heavy atom. The van der Waals surface area contributed by atoms with Crippen LogP contribution in [0.25, 0.3) is 0 Å². The molecular formula is C15H19NO2. The van der Waals surface area contributed by atoms with Crippen molar-refractivity contribution in [1.82, 2.24) is 4.90 Å². The first kappa shape index (κ1) is 13.0. The van der Waals surface area contributed by atoms with Crippen molar-refractivity contribution in [3.8, 4) is 0 Å². The fraction of sp³-hybridized carbons (Fsp3) is 0.467.